The number of aliphatic carboxylic acids is 1. The Bertz CT molecular complexity index is 877. The zero-order chi connectivity index (χ0) is 17.8. The van der Waals surface area contributed by atoms with E-state index in [1.165, 1.54) is 17.7 Å². The number of fused-ring (bicyclic) bond motifs is 1. The van der Waals surface area contributed by atoms with Crippen molar-refractivity contribution >= 4 is 33.3 Å². The van der Waals surface area contributed by atoms with Gasteiger partial charge in [0.1, 0.15) is 28.8 Å². The Morgan fingerprint density at radius 1 is 1.28 bits per heavy atom. The van der Waals surface area contributed by atoms with E-state index < -0.39 is 12.0 Å². The molecule has 3 aromatic rings. The lowest BCUT2D eigenvalue weighted by Crippen LogP contribution is -2.28. The van der Waals surface area contributed by atoms with Gasteiger partial charge in [-0.3, -0.25) is 0 Å². The summed E-state index contributed by atoms with van der Waals surface area (Å²) in [4.78, 5) is 20.8. The first-order chi connectivity index (χ1) is 12.1. The summed E-state index contributed by atoms with van der Waals surface area (Å²) in [5.74, 6) is 0.466. The molecule has 25 heavy (non-hydrogen) atoms. The largest absolute Gasteiger partial charge is 0.494 e. The average molecular weight is 357 g/mol. The van der Waals surface area contributed by atoms with Gasteiger partial charge in [-0.25, -0.2) is 14.8 Å². The van der Waals surface area contributed by atoms with Gasteiger partial charge in [-0.1, -0.05) is 19.1 Å². The number of ether oxygens (including phenoxy) is 1. The minimum atomic E-state index is -0.896. The van der Waals surface area contributed by atoms with Gasteiger partial charge in [0.15, 0.2) is 0 Å². The molecule has 0 fully saturated rings. The quantitative estimate of drug-likeness (QED) is 0.664. The zero-order valence-electron chi connectivity index (χ0n) is 14.0. The highest BCUT2D eigenvalue weighted by Crippen LogP contribution is 2.37. The Balaban J connectivity index is 2.03. The van der Waals surface area contributed by atoms with E-state index in [1.54, 1.807) is 0 Å². The summed E-state index contributed by atoms with van der Waals surface area (Å²) in [5, 5.41) is 15.2. The molecule has 0 aliphatic rings. The fraction of sp³-hybridized carbons (Fsp3) is 0.278. The van der Waals surface area contributed by atoms with Crippen molar-refractivity contribution in [3.8, 4) is 16.9 Å². The number of carboxylic acids is 1. The molecule has 1 unspecified atom stereocenters. The predicted molar refractivity (Wildman–Crippen MR) is 99.4 cm³/mol. The molecule has 0 aliphatic carbocycles. The summed E-state index contributed by atoms with van der Waals surface area (Å²) >= 11 is 1.51. The van der Waals surface area contributed by atoms with Gasteiger partial charge in [0.25, 0.3) is 0 Å². The Morgan fingerprint density at radius 3 is 2.68 bits per heavy atom. The molecule has 0 saturated heterocycles. The molecule has 0 radical (unpaired) electrons. The molecule has 3 rings (SSSR count). The average Bonchev–Trinajstić information content (AvgIpc) is 3.05. The molecule has 0 amide bonds. The fourth-order valence-electron chi connectivity index (χ4n) is 2.60. The van der Waals surface area contributed by atoms with Crippen LogP contribution in [0.5, 0.6) is 5.75 Å². The fourth-order valence-corrected chi connectivity index (χ4v) is 3.51. The molecule has 2 heterocycles. The number of carboxylic acid groups (broad SMARTS) is 1. The van der Waals surface area contributed by atoms with Gasteiger partial charge < -0.3 is 15.2 Å². The van der Waals surface area contributed by atoms with E-state index in [4.69, 9.17) is 4.74 Å². The van der Waals surface area contributed by atoms with Crippen LogP contribution < -0.4 is 10.1 Å². The number of benzene rings is 1. The summed E-state index contributed by atoms with van der Waals surface area (Å²) in [6.07, 6.45) is 1.92. The van der Waals surface area contributed by atoms with Gasteiger partial charge in [0.2, 0.25) is 0 Å². The van der Waals surface area contributed by atoms with E-state index in [9.17, 15) is 9.90 Å². The highest BCUT2D eigenvalue weighted by Gasteiger charge is 2.19. The van der Waals surface area contributed by atoms with Crippen molar-refractivity contribution in [2.45, 2.75) is 26.3 Å². The zero-order valence-corrected chi connectivity index (χ0v) is 14.8. The van der Waals surface area contributed by atoms with Crippen molar-refractivity contribution in [2.24, 2.45) is 0 Å². The van der Waals surface area contributed by atoms with Gasteiger partial charge in [-0.2, -0.15) is 0 Å². The van der Waals surface area contributed by atoms with Crippen LogP contribution in [0.2, 0.25) is 0 Å². The first-order valence-corrected chi connectivity index (χ1v) is 8.96. The minimum absolute atomic E-state index is 0.462. The third kappa shape index (κ3) is 3.56. The van der Waals surface area contributed by atoms with Crippen molar-refractivity contribution in [3.63, 3.8) is 0 Å². The second kappa shape index (κ2) is 7.48. The Morgan fingerprint density at radius 2 is 2.04 bits per heavy atom. The standard InChI is InChI=1S/C18H19N3O3S/c1-3-14(18(22)23)21-16-15-13(9-25-17(15)20-10-19-16)11-5-7-12(8-6-11)24-4-2/h5-10,14H,3-4H2,1-2H3,(H,22,23)(H,19,20,21). The Kier molecular flexibility index (Phi) is 5.14. The molecule has 2 N–H and O–H groups in total. The smallest absolute Gasteiger partial charge is 0.326 e. The van der Waals surface area contributed by atoms with Gasteiger partial charge in [0.05, 0.1) is 12.0 Å². The molecule has 0 spiro atoms. The lowest BCUT2D eigenvalue weighted by Gasteiger charge is -2.14. The Hall–Kier alpha value is -2.67. The van der Waals surface area contributed by atoms with Crippen LogP contribution >= 0.6 is 11.3 Å². The molecule has 130 valence electrons. The van der Waals surface area contributed by atoms with Crippen LogP contribution in [0.25, 0.3) is 21.3 Å². The summed E-state index contributed by atoms with van der Waals surface area (Å²) in [7, 11) is 0. The van der Waals surface area contributed by atoms with E-state index in [-0.39, 0.29) is 0 Å². The number of aromatic nitrogens is 2. The first kappa shape index (κ1) is 17.2. The number of carbonyl (C=O) groups is 1. The second-order valence-corrected chi connectivity index (χ2v) is 6.31. The molecule has 7 heteroatoms. The minimum Gasteiger partial charge on any atom is -0.494 e. The maximum Gasteiger partial charge on any atom is 0.326 e. The van der Waals surface area contributed by atoms with Crippen LogP contribution in [0.4, 0.5) is 5.82 Å². The molecule has 1 aromatic carbocycles. The van der Waals surface area contributed by atoms with Crippen LogP contribution in [-0.4, -0.2) is 33.7 Å². The summed E-state index contributed by atoms with van der Waals surface area (Å²) in [5.41, 5.74) is 1.99. The highest BCUT2D eigenvalue weighted by atomic mass is 32.1. The molecule has 0 saturated carbocycles. The summed E-state index contributed by atoms with van der Waals surface area (Å²) in [6, 6.07) is 7.12. The normalized spacial score (nSPS) is 12.1. The molecule has 0 bridgehead atoms. The molecular weight excluding hydrogens is 338 g/mol. The van der Waals surface area contributed by atoms with Crippen molar-refractivity contribution < 1.29 is 14.6 Å². The second-order valence-electron chi connectivity index (χ2n) is 5.45. The highest BCUT2D eigenvalue weighted by molar-refractivity contribution is 7.17. The van der Waals surface area contributed by atoms with Crippen LogP contribution in [0, 0.1) is 0 Å². The van der Waals surface area contributed by atoms with Crippen molar-refractivity contribution in [1.82, 2.24) is 9.97 Å². The molecule has 2 aromatic heterocycles. The van der Waals surface area contributed by atoms with Crippen LogP contribution in [0.1, 0.15) is 20.3 Å². The van der Waals surface area contributed by atoms with Gasteiger partial charge in [0, 0.05) is 10.9 Å². The van der Waals surface area contributed by atoms with Crippen molar-refractivity contribution in [3.05, 3.63) is 36.0 Å². The van der Waals surface area contributed by atoms with Gasteiger partial charge in [-0.05, 0) is 31.0 Å². The van der Waals surface area contributed by atoms with Crippen LogP contribution in [0.3, 0.4) is 0 Å². The third-order valence-corrected chi connectivity index (χ3v) is 4.75. The first-order valence-electron chi connectivity index (χ1n) is 8.08. The lowest BCUT2D eigenvalue weighted by atomic mass is 10.1. The number of anilines is 1. The SMILES string of the molecule is CCOc1ccc(-c2csc3ncnc(NC(CC)C(=O)O)c23)cc1. The van der Waals surface area contributed by atoms with E-state index >= 15 is 0 Å². The number of hydrogen-bond acceptors (Lipinski definition) is 6. The lowest BCUT2D eigenvalue weighted by molar-refractivity contribution is -0.137. The number of thiophene rings is 1. The summed E-state index contributed by atoms with van der Waals surface area (Å²) in [6.45, 7) is 4.39. The monoisotopic (exact) mass is 357 g/mol. The van der Waals surface area contributed by atoms with Gasteiger partial charge >= 0.3 is 5.97 Å². The van der Waals surface area contributed by atoms with Gasteiger partial charge in [-0.15, -0.1) is 11.3 Å². The molecular formula is C18H19N3O3S. The van der Waals surface area contributed by atoms with Crippen LogP contribution in [0.15, 0.2) is 36.0 Å². The predicted octanol–water partition coefficient (Wildman–Crippen LogP) is 4.03. The van der Waals surface area contributed by atoms with Crippen molar-refractivity contribution in [1.29, 1.82) is 0 Å². The Labute approximate surface area is 149 Å². The van der Waals surface area contributed by atoms with E-state index in [1.807, 2.05) is 43.5 Å². The number of rotatable bonds is 7. The number of nitrogens with one attached hydrogen (secondary N) is 1. The molecule has 0 aliphatic heterocycles. The molecule has 6 nitrogen and oxygen atoms in total. The number of hydrogen-bond donors (Lipinski definition) is 2. The van der Waals surface area contributed by atoms with Crippen molar-refractivity contribution in [2.75, 3.05) is 11.9 Å². The maximum atomic E-state index is 11.3. The summed E-state index contributed by atoms with van der Waals surface area (Å²) < 4.78 is 5.48. The van der Waals surface area contributed by atoms with E-state index in [0.717, 1.165) is 27.1 Å². The molecule has 1 atom stereocenters. The maximum absolute atomic E-state index is 11.3. The van der Waals surface area contributed by atoms with Crippen LogP contribution in [-0.2, 0) is 4.79 Å². The third-order valence-electron chi connectivity index (χ3n) is 3.86. The topological polar surface area (TPSA) is 84.3 Å². The number of nitrogens with zero attached hydrogens (tertiary/aromatic N) is 2. The van der Waals surface area contributed by atoms with E-state index in [0.29, 0.717) is 18.8 Å². The van der Waals surface area contributed by atoms with E-state index in [2.05, 4.69) is 15.3 Å².